The van der Waals surface area contributed by atoms with Crippen molar-refractivity contribution < 1.29 is 9.53 Å². The number of anilines is 3. The Morgan fingerprint density at radius 2 is 1.96 bits per heavy atom. The number of amides is 1. The van der Waals surface area contributed by atoms with E-state index in [0.29, 0.717) is 21.0 Å². The van der Waals surface area contributed by atoms with Gasteiger partial charge in [-0.15, -0.1) is 11.3 Å². The van der Waals surface area contributed by atoms with E-state index in [9.17, 15) is 4.79 Å². The largest absolute Gasteiger partial charge is 0.495 e. The molecule has 0 fully saturated rings. The molecule has 0 aliphatic rings. The van der Waals surface area contributed by atoms with Crippen LogP contribution in [0.25, 0.3) is 10.6 Å². The summed E-state index contributed by atoms with van der Waals surface area (Å²) < 4.78 is 5.36. The number of aromatic nitrogens is 2. The lowest BCUT2D eigenvalue weighted by Gasteiger charge is -2.15. The Hall–Kier alpha value is -2.16. The maximum atomic E-state index is 12.2. The highest BCUT2D eigenvalue weighted by atomic mass is 35.5. The molecule has 2 heterocycles. The lowest BCUT2D eigenvalue weighted by Crippen LogP contribution is -2.27. The fourth-order valence-corrected chi connectivity index (χ4v) is 4.23. The van der Waals surface area contributed by atoms with Crippen molar-refractivity contribution >= 4 is 56.1 Å². The third-order valence-corrected chi connectivity index (χ3v) is 5.88. The quantitative estimate of drug-likeness (QED) is 0.515. The molecule has 1 aromatic carbocycles. The zero-order valence-electron chi connectivity index (χ0n) is 16.2. The Bertz CT molecular complexity index is 1010. The first kappa shape index (κ1) is 20.6. The van der Waals surface area contributed by atoms with Crippen LogP contribution in [0, 0.1) is 12.3 Å². The predicted octanol–water partition coefficient (Wildman–Crippen LogP) is 5.97. The van der Waals surface area contributed by atoms with Crippen LogP contribution in [0.3, 0.4) is 0 Å². The monoisotopic (exact) mass is 436 g/mol. The summed E-state index contributed by atoms with van der Waals surface area (Å²) in [4.78, 5) is 23.1. The Morgan fingerprint density at radius 3 is 2.64 bits per heavy atom. The molecular weight excluding hydrogens is 416 g/mol. The summed E-state index contributed by atoms with van der Waals surface area (Å²) in [5, 5.41) is 8.02. The summed E-state index contributed by atoms with van der Waals surface area (Å²) in [6.07, 6.45) is 1.77. The maximum Gasteiger partial charge on any atom is 0.231 e. The van der Waals surface area contributed by atoms with E-state index in [-0.39, 0.29) is 5.91 Å². The van der Waals surface area contributed by atoms with Crippen LogP contribution >= 0.6 is 34.3 Å². The molecule has 28 heavy (non-hydrogen) atoms. The van der Waals surface area contributed by atoms with Gasteiger partial charge < -0.3 is 15.4 Å². The number of halogens is 1. The minimum atomic E-state index is -0.475. The van der Waals surface area contributed by atoms with Crippen molar-refractivity contribution in [1.82, 2.24) is 9.97 Å². The summed E-state index contributed by atoms with van der Waals surface area (Å²) in [6, 6.07) is 5.36. The van der Waals surface area contributed by atoms with Gasteiger partial charge in [0.25, 0.3) is 0 Å². The van der Waals surface area contributed by atoms with Crippen LogP contribution in [0.4, 0.5) is 16.0 Å². The predicted molar refractivity (Wildman–Crippen MR) is 117 cm³/mol. The minimum Gasteiger partial charge on any atom is -0.495 e. The SMILES string of the molecule is COc1ccc(Cl)cc1Nc1ncc(-c2nc(NC(=O)C(C)(C)C)sc2C)s1. The highest BCUT2D eigenvalue weighted by molar-refractivity contribution is 7.20. The minimum absolute atomic E-state index is 0.0625. The van der Waals surface area contributed by atoms with Gasteiger partial charge in [-0.3, -0.25) is 4.79 Å². The average molecular weight is 437 g/mol. The van der Waals surface area contributed by atoms with Crippen molar-refractivity contribution in [3.63, 3.8) is 0 Å². The molecule has 2 N–H and O–H groups in total. The van der Waals surface area contributed by atoms with E-state index in [2.05, 4.69) is 20.6 Å². The van der Waals surface area contributed by atoms with Crippen LogP contribution in [-0.2, 0) is 4.79 Å². The molecule has 2 aromatic heterocycles. The molecule has 1 amide bonds. The number of hydrogen-bond acceptors (Lipinski definition) is 7. The van der Waals surface area contributed by atoms with E-state index in [1.54, 1.807) is 31.5 Å². The van der Waals surface area contributed by atoms with Crippen molar-refractivity contribution in [2.75, 3.05) is 17.7 Å². The summed E-state index contributed by atoms with van der Waals surface area (Å²) >= 11 is 9.00. The van der Waals surface area contributed by atoms with E-state index >= 15 is 0 Å². The van der Waals surface area contributed by atoms with Gasteiger partial charge in [0.05, 0.1) is 23.4 Å². The zero-order chi connectivity index (χ0) is 20.5. The number of thiazole rings is 2. The first-order chi connectivity index (χ1) is 13.2. The molecular formula is C19H21ClN4O2S2. The van der Waals surface area contributed by atoms with Crippen LogP contribution in [0.15, 0.2) is 24.4 Å². The Labute approximate surface area is 176 Å². The molecule has 0 aliphatic carbocycles. The van der Waals surface area contributed by atoms with E-state index in [0.717, 1.165) is 21.1 Å². The van der Waals surface area contributed by atoms with Crippen LogP contribution in [0.5, 0.6) is 5.75 Å². The number of methoxy groups -OCH3 is 1. The van der Waals surface area contributed by atoms with Gasteiger partial charge in [0.2, 0.25) is 5.91 Å². The number of benzene rings is 1. The molecule has 9 heteroatoms. The first-order valence-corrected chi connectivity index (χ1v) is 10.5. The number of aryl methyl sites for hydroxylation is 1. The number of carbonyl (C=O) groups is 1. The lowest BCUT2D eigenvalue weighted by molar-refractivity contribution is -0.123. The number of nitrogens with one attached hydrogen (secondary N) is 2. The van der Waals surface area contributed by atoms with Crippen LogP contribution in [0.2, 0.25) is 5.02 Å². The van der Waals surface area contributed by atoms with E-state index in [1.165, 1.54) is 22.7 Å². The fraction of sp³-hybridized carbons (Fsp3) is 0.316. The van der Waals surface area contributed by atoms with E-state index < -0.39 is 5.41 Å². The number of hydrogen-bond donors (Lipinski definition) is 2. The molecule has 3 aromatic rings. The highest BCUT2D eigenvalue weighted by Crippen LogP contribution is 2.38. The van der Waals surface area contributed by atoms with E-state index in [1.807, 2.05) is 27.7 Å². The molecule has 0 atom stereocenters. The first-order valence-electron chi connectivity index (χ1n) is 8.53. The third kappa shape index (κ3) is 4.63. The fourth-order valence-electron chi connectivity index (χ4n) is 2.30. The van der Waals surface area contributed by atoms with Crippen molar-refractivity contribution in [3.8, 4) is 16.3 Å². The second kappa shape index (κ2) is 8.06. The Kier molecular flexibility index (Phi) is 5.92. The Morgan fingerprint density at radius 1 is 1.21 bits per heavy atom. The standard InChI is InChI=1S/C19H21ClN4O2S2/c1-10-15(23-18(27-10)24-16(25)19(2,3)4)14-9-21-17(28-14)22-12-8-11(20)6-7-13(12)26-5/h6-9H,1-5H3,(H,21,22)(H,23,24,25). The van der Waals surface area contributed by atoms with Gasteiger partial charge >= 0.3 is 0 Å². The third-order valence-electron chi connectivity index (χ3n) is 3.84. The second-order valence-electron chi connectivity index (χ2n) is 7.13. The van der Waals surface area contributed by atoms with Crippen molar-refractivity contribution in [2.24, 2.45) is 5.41 Å². The van der Waals surface area contributed by atoms with Crippen LogP contribution in [-0.4, -0.2) is 23.0 Å². The number of rotatable bonds is 5. The zero-order valence-corrected chi connectivity index (χ0v) is 18.6. The van der Waals surface area contributed by atoms with Crippen LogP contribution < -0.4 is 15.4 Å². The Balaban J connectivity index is 1.81. The highest BCUT2D eigenvalue weighted by Gasteiger charge is 2.23. The summed E-state index contributed by atoms with van der Waals surface area (Å²) in [5.74, 6) is 0.616. The summed E-state index contributed by atoms with van der Waals surface area (Å²) in [5.41, 5.74) is 1.08. The number of carbonyl (C=O) groups excluding carboxylic acids is 1. The summed E-state index contributed by atoms with van der Waals surface area (Å²) in [7, 11) is 1.60. The van der Waals surface area contributed by atoms with E-state index in [4.69, 9.17) is 16.3 Å². The number of nitrogens with zero attached hydrogens (tertiary/aromatic N) is 2. The van der Waals surface area contributed by atoms with Gasteiger partial charge in [0, 0.05) is 21.5 Å². The normalized spacial score (nSPS) is 11.4. The maximum absolute atomic E-state index is 12.2. The number of ether oxygens (including phenoxy) is 1. The lowest BCUT2D eigenvalue weighted by atomic mass is 9.96. The van der Waals surface area contributed by atoms with Gasteiger partial charge in [-0.25, -0.2) is 9.97 Å². The van der Waals surface area contributed by atoms with Crippen LogP contribution in [0.1, 0.15) is 25.6 Å². The topological polar surface area (TPSA) is 76.1 Å². The average Bonchev–Trinajstić information content (AvgIpc) is 3.20. The van der Waals surface area contributed by atoms with Gasteiger partial charge in [-0.1, -0.05) is 43.7 Å². The summed E-state index contributed by atoms with van der Waals surface area (Å²) in [6.45, 7) is 7.59. The molecule has 6 nitrogen and oxygen atoms in total. The van der Waals surface area contributed by atoms with Crippen molar-refractivity contribution in [3.05, 3.63) is 34.3 Å². The molecule has 3 rings (SSSR count). The van der Waals surface area contributed by atoms with Crippen molar-refractivity contribution in [1.29, 1.82) is 0 Å². The van der Waals surface area contributed by atoms with Gasteiger partial charge in [0.1, 0.15) is 5.75 Å². The smallest absolute Gasteiger partial charge is 0.231 e. The molecule has 0 spiro atoms. The molecule has 0 saturated carbocycles. The molecule has 0 unspecified atom stereocenters. The molecule has 0 saturated heterocycles. The van der Waals surface area contributed by atoms with Gasteiger partial charge in [-0.05, 0) is 25.1 Å². The molecule has 0 radical (unpaired) electrons. The van der Waals surface area contributed by atoms with Crippen molar-refractivity contribution in [2.45, 2.75) is 27.7 Å². The van der Waals surface area contributed by atoms with Gasteiger partial charge in [0.15, 0.2) is 10.3 Å². The van der Waals surface area contributed by atoms with Gasteiger partial charge in [-0.2, -0.15) is 0 Å². The molecule has 0 bridgehead atoms. The molecule has 0 aliphatic heterocycles. The molecule has 148 valence electrons. The second-order valence-corrected chi connectivity index (χ2v) is 9.80.